The second-order valence-corrected chi connectivity index (χ2v) is 4.83. The van der Waals surface area contributed by atoms with E-state index in [4.69, 9.17) is 5.26 Å². The Hall–Kier alpha value is -1.86. The summed E-state index contributed by atoms with van der Waals surface area (Å²) in [4.78, 5) is 4.67. The molecule has 19 heavy (non-hydrogen) atoms. The Kier molecular flexibility index (Phi) is 4.53. The summed E-state index contributed by atoms with van der Waals surface area (Å²) in [5, 5.41) is 12.1. The van der Waals surface area contributed by atoms with Crippen LogP contribution in [0.15, 0.2) is 24.3 Å². The summed E-state index contributed by atoms with van der Waals surface area (Å²) in [6.45, 7) is 6.48. The van der Waals surface area contributed by atoms with E-state index < -0.39 is 0 Å². The van der Waals surface area contributed by atoms with E-state index in [0.717, 1.165) is 24.3 Å². The van der Waals surface area contributed by atoms with Crippen LogP contribution in [-0.2, 0) is 13.1 Å². The number of nitrogens with zero attached hydrogens (tertiary/aromatic N) is 3. The zero-order valence-electron chi connectivity index (χ0n) is 11.6. The molecule has 0 spiro atoms. The van der Waals surface area contributed by atoms with Crippen LogP contribution >= 0.6 is 0 Å². The van der Waals surface area contributed by atoms with Crippen LogP contribution in [0.3, 0.4) is 0 Å². The van der Waals surface area contributed by atoms with E-state index in [0.29, 0.717) is 13.1 Å². The largest absolute Gasteiger partial charge is 0.327 e. The van der Waals surface area contributed by atoms with Crippen molar-refractivity contribution in [3.8, 4) is 6.07 Å². The van der Waals surface area contributed by atoms with Crippen LogP contribution in [-0.4, -0.2) is 16.1 Å². The highest BCUT2D eigenvalue weighted by atomic mass is 15.1. The monoisotopic (exact) mass is 256 g/mol. The maximum absolute atomic E-state index is 8.77. The smallest absolute Gasteiger partial charge is 0.123 e. The van der Waals surface area contributed by atoms with E-state index in [1.165, 1.54) is 5.52 Å². The first kappa shape index (κ1) is 13.6. The van der Waals surface area contributed by atoms with Crippen molar-refractivity contribution in [3.05, 3.63) is 30.1 Å². The third kappa shape index (κ3) is 3.12. The minimum Gasteiger partial charge on any atom is -0.327 e. The average Bonchev–Trinajstić information content (AvgIpc) is 2.77. The van der Waals surface area contributed by atoms with Crippen LogP contribution < -0.4 is 5.32 Å². The number of para-hydroxylation sites is 2. The van der Waals surface area contributed by atoms with Crippen molar-refractivity contribution < 1.29 is 0 Å². The number of hydrogen-bond acceptors (Lipinski definition) is 3. The van der Waals surface area contributed by atoms with Gasteiger partial charge in [0.25, 0.3) is 0 Å². The third-order valence-electron chi connectivity index (χ3n) is 3.13. The summed E-state index contributed by atoms with van der Waals surface area (Å²) in [5.41, 5.74) is 2.23. The molecule has 1 unspecified atom stereocenters. The second kappa shape index (κ2) is 6.35. The molecule has 0 saturated heterocycles. The van der Waals surface area contributed by atoms with Crippen LogP contribution in [0.5, 0.6) is 0 Å². The van der Waals surface area contributed by atoms with Crippen LogP contribution in [0.4, 0.5) is 0 Å². The SMILES string of the molecule is CCCn1c(CNCC(C)C#N)nc2ccccc21. The Morgan fingerprint density at radius 1 is 1.42 bits per heavy atom. The fourth-order valence-electron chi connectivity index (χ4n) is 2.18. The van der Waals surface area contributed by atoms with Crippen LogP contribution in [0.1, 0.15) is 26.1 Å². The fraction of sp³-hybridized carbons (Fsp3) is 0.467. The zero-order chi connectivity index (χ0) is 13.7. The maximum Gasteiger partial charge on any atom is 0.123 e. The minimum atomic E-state index is 0.0315. The van der Waals surface area contributed by atoms with Gasteiger partial charge >= 0.3 is 0 Å². The van der Waals surface area contributed by atoms with E-state index in [-0.39, 0.29) is 5.92 Å². The van der Waals surface area contributed by atoms with E-state index >= 15 is 0 Å². The Morgan fingerprint density at radius 3 is 2.95 bits per heavy atom. The quantitative estimate of drug-likeness (QED) is 0.864. The van der Waals surface area contributed by atoms with Gasteiger partial charge < -0.3 is 9.88 Å². The normalized spacial score (nSPS) is 12.5. The number of rotatable bonds is 6. The van der Waals surface area contributed by atoms with Gasteiger partial charge in [0.1, 0.15) is 5.82 Å². The Bertz CT molecular complexity index is 579. The lowest BCUT2D eigenvalue weighted by Gasteiger charge is -2.09. The molecular weight excluding hydrogens is 236 g/mol. The number of aromatic nitrogens is 2. The summed E-state index contributed by atoms with van der Waals surface area (Å²) in [6, 6.07) is 10.4. The van der Waals surface area contributed by atoms with Gasteiger partial charge in [-0.3, -0.25) is 0 Å². The number of nitriles is 1. The molecule has 0 aliphatic heterocycles. The number of hydrogen-bond donors (Lipinski definition) is 1. The number of aryl methyl sites for hydroxylation is 1. The van der Waals surface area contributed by atoms with Gasteiger partial charge in [0.05, 0.1) is 29.6 Å². The summed E-state index contributed by atoms with van der Waals surface area (Å²) in [7, 11) is 0. The average molecular weight is 256 g/mol. The molecule has 1 N–H and O–H groups in total. The van der Waals surface area contributed by atoms with Gasteiger partial charge in [0.15, 0.2) is 0 Å². The Balaban J connectivity index is 2.17. The topological polar surface area (TPSA) is 53.6 Å². The third-order valence-corrected chi connectivity index (χ3v) is 3.13. The highest BCUT2D eigenvalue weighted by Crippen LogP contribution is 2.16. The Labute approximate surface area is 114 Å². The maximum atomic E-state index is 8.77. The van der Waals surface area contributed by atoms with Gasteiger partial charge in [0.2, 0.25) is 0 Å². The van der Waals surface area contributed by atoms with Crippen molar-refractivity contribution in [2.24, 2.45) is 5.92 Å². The number of fused-ring (bicyclic) bond motifs is 1. The van der Waals surface area contributed by atoms with E-state index in [9.17, 15) is 0 Å². The van der Waals surface area contributed by atoms with Gasteiger partial charge in [-0.15, -0.1) is 0 Å². The first-order valence-corrected chi connectivity index (χ1v) is 6.80. The number of imidazole rings is 1. The molecule has 0 radical (unpaired) electrons. The summed E-state index contributed by atoms with van der Waals surface area (Å²) < 4.78 is 2.26. The van der Waals surface area contributed by atoms with Crippen LogP contribution in [0, 0.1) is 17.2 Å². The standard InChI is InChI=1S/C15H20N4/c1-3-8-19-14-7-5-4-6-13(14)18-15(19)11-17-10-12(2)9-16/h4-7,12,17H,3,8,10-11H2,1-2H3. The van der Waals surface area contributed by atoms with E-state index in [1.807, 2.05) is 25.1 Å². The van der Waals surface area contributed by atoms with Gasteiger partial charge in [0, 0.05) is 13.1 Å². The van der Waals surface area contributed by atoms with Gasteiger partial charge in [-0.05, 0) is 25.5 Å². The van der Waals surface area contributed by atoms with Crippen molar-refractivity contribution in [2.45, 2.75) is 33.4 Å². The lowest BCUT2D eigenvalue weighted by Crippen LogP contribution is -2.22. The van der Waals surface area contributed by atoms with Crippen molar-refractivity contribution in [2.75, 3.05) is 6.54 Å². The molecule has 2 aromatic rings. The second-order valence-electron chi connectivity index (χ2n) is 4.83. The first-order chi connectivity index (χ1) is 9.26. The van der Waals surface area contributed by atoms with E-state index in [2.05, 4.69) is 33.9 Å². The molecule has 2 rings (SSSR count). The molecule has 0 bridgehead atoms. The predicted molar refractivity (Wildman–Crippen MR) is 76.5 cm³/mol. The molecule has 4 nitrogen and oxygen atoms in total. The molecule has 1 aromatic carbocycles. The molecule has 0 aliphatic carbocycles. The first-order valence-electron chi connectivity index (χ1n) is 6.80. The van der Waals surface area contributed by atoms with Gasteiger partial charge in [-0.2, -0.15) is 5.26 Å². The molecule has 1 aromatic heterocycles. The highest BCUT2D eigenvalue weighted by molar-refractivity contribution is 5.75. The van der Waals surface area contributed by atoms with Crippen molar-refractivity contribution in [1.82, 2.24) is 14.9 Å². The van der Waals surface area contributed by atoms with Crippen LogP contribution in [0.25, 0.3) is 11.0 Å². The zero-order valence-corrected chi connectivity index (χ0v) is 11.6. The fourth-order valence-corrected chi connectivity index (χ4v) is 2.18. The molecule has 1 atom stereocenters. The highest BCUT2D eigenvalue weighted by Gasteiger charge is 2.09. The molecule has 0 saturated carbocycles. The van der Waals surface area contributed by atoms with Gasteiger partial charge in [-0.25, -0.2) is 4.98 Å². The molecule has 0 amide bonds. The van der Waals surface area contributed by atoms with Gasteiger partial charge in [-0.1, -0.05) is 19.1 Å². The molecule has 0 fully saturated rings. The minimum absolute atomic E-state index is 0.0315. The summed E-state index contributed by atoms with van der Waals surface area (Å²) >= 11 is 0. The number of nitrogens with one attached hydrogen (secondary N) is 1. The summed E-state index contributed by atoms with van der Waals surface area (Å²) in [6.07, 6.45) is 1.09. The molecule has 4 heteroatoms. The molecule has 100 valence electrons. The molecule has 0 aliphatic rings. The van der Waals surface area contributed by atoms with Crippen molar-refractivity contribution in [3.63, 3.8) is 0 Å². The molecular formula is C15H20N4. The summed E-state index contributed by atoms with van der Waals surface area (Å²) in [5.74, 6) is 1.08. The van der Waals surface area contributed by atoms with Crippen molar-refractivity contribution >= 4 is 11.0 Å². The lowest BCUT2D eigenvalue weighted by molar-refractivity contribution is 0.561. The predicted octanol–water partition coefficient (Wildman–Crippen LogP) is 2.70. The number of benzene rings is 1. The van der Waals surface area contributed by atoms with Crippen molar-refractivity contribution in [1.29, 1.82) is 5.26 Å². The Morgan fingerprint density at radius 2 is 2.21 bits per heavy atom. The van der Waals surface area contributed by atoms with Crippen LogP contribution in [0.2, 0.25) is 0 Å². The lowest BCUT2D eigenvalue weighted by atomic mass is 10.2. The van der Waals surface area contributed by atoms with E-state index in [1.54, 1.807) is 0 Å². The molecule has 1 heterocycles.